The van der Waals surface area contributed by atoms with Gasteiger partial charge in [-0.1, -0.05) is 18.2 Å². The average molecular weight is 408 g/mol. The van der Waals surface area contributed by atoms with Crippen LogP contribution in [0, 0.1) is 11.3 Å². The molecule has 1 N–H and O–H groups in total. The van der Waals surface area contributed by atoms with E-state index >= 15 is 0 Å². The van der Waals surface area contributed by atoms with Crippen LogP contribution in [0.3, 0.4) is 0 Å². The highest BCUT2D eigenvalue weighted by Gasteiger charge is 2.18. The van der Waals surface area contributed by atoms with Crippen molar-refractivity contribution in [1.82, 2.24) is 0 Å². The molecule has 0 aliphatic rings. The second kappa shape index (κ2) is 10.7. The van der Waals surface area contributed by atoms with Gasteiger partial charge in [-0.25, -0.2) is 4.79 Å². The summed E-state index contributed by atoms with van der Waals surface area (Å²) < 4.78 is 16.1. The lowest BCUT2D eigenvalue weighted by molar-refractivity contribution is -0.148. The van der Waals surface area contributed by atoms with Gasteiger partial charge < -0.3 is 19.5 Å². The van der Waals surface area contributed by atoms with Crippen LogP contribution < -0.4 is 14.8 Å². The van der Waals surface area contributed by atoms with Gasteiger partial charge in [0.25, 0.3) is 5.91 Å². The van der Waals surface area contributed by atoms with E-state index in [1.807, 2.05) is 19.9 Å². The summed E-state index contributed by atoms with van der Waals surface area (Å²) in [5, 5.41) is 11.7. The molecule has 1 atom stereocenters. The number of carbonyl (C=O) groups excluding carboxylic acids is 2. The van der Waals surface area contributed by atoms with Crippen molar-refractivity contribution in [1.29, 1.82) is 5.26 Å². The third-order valence-corrected chi connectivity index (χ3v) is 3.93. The van der Waals surface area contributed by atoms with E-state index in [9.17, 15) is 9.59 Å². The second-order valence-corrected chi connectivity index (χ2v) is 6.64. The Morgan fingerprint density at radius 2 is 1.83 bits per heavy atom. The van der Waals surface area contributed by atoms with Gasteiger partial charge in [0.05, 0.1) is 24.5 Å². The number of esters is 1. The average Bonchev–Trinajstić information content (AvgIpc) is 2.72. The summed E-state index contributed by atoms with van der Waals surface area (Å²) in [7, 11) is 1.54. The number of rotatable bonds is 8. The standard InChI is InChI=1S/C23H24N2O5/c1-15(2)29-20-11-9-17(13-21(20)28-4)10-12-22(26)30-16(3)23(27)25-19-8-6-5-7-18(19)14-24/h5-13,15-16H,1-4H3,(H,25,27)/b12-10+/t16-/m0/s1. The zero-order valence-electron chi connectivity index (χ0n) is 17.3. The van der Waals surface area contributed by atoms with E-state index in [-0.39, 0.29) is 6.10 Å². The first kappa shape index (κ1) is 22.5. The summed E-state index contributed by atoms with van der Waals surface area (Å²) in [6.07, 6.45) is 1.75. The molecule has 0 unspecified atom stereocenters. The molecule has 0 fully saturated rings. The molecule has 0 spiro atoms. The summed E-state index contributed by atoms with van der Waals surface area (Å²) >= 11 is 0. The molecule has 1 amide bonds. The van der Waals surface area contributed by atoms with Crippen LogP contribution in [0.2, 0.25) is 0 Å². The summed E-state index contributed by atoms with van der Waals surface area (Å²) in [6, 6.07) is 13.8. The third kappa shape index (κ3) is 6.38. The minimum absolute atomic E-state index is 0.00280. The van der Waals surface area contributed by atoms with E-state index in [4.69, 9.17) is 19.5 Å². The largest absolute Gasteiger partial charge is 0.493 e. The molecule has 0 aliphatic heterocycles. The molecular formula is C23H24N2O5. The van der Waals surface area contributed by atoms with Gasteiger partial charge >= 0.3 is 5.97 Å². The van der Waals surface area contributed by atoms with Crippen molar-refractivity contribution >= 4 is 23.6 Å². The van der Waals surface area contributed by atoms with Crippen LogP contribution in [0.4, 0.5) is 5.69 Å². The molecule has 2 rings (SSSR count). The maximum absolute atomic E-state index is 12.2. The van der Waals surface area contributed by atoms with Crippen molar-refractivity contribution in [3.05, 3.63) is 59.7 Å². The Balaban J connectivity index is 1.98. The predicted octanol–water partition coefficient (Wildman–Crippen LogP) is 3.94. The summed E-state index contributed by atoms with van der Waals surface area (Å²) in [5.74, 6) is -0.0534. The number of nitrogens with zero attached hydrogens (tertiary/aromatic N) is 1. The van der Waals surface area contributed by atoms with Gasteiger partial charge in [-0.05, 0) is 56.7 Å². The van der Waals surface area contributed by atoms with Crippen molar-refractivity contribution in [2.75, 3.05) is 12.4 Å². The molecule has 30 heavy (non-hydrogen) atoms. The number of para-hydroxylation sites is 1. The Morgan fingerprint density at radius 3 is 2.50 bits per heavy atom. The number of amides is 1. The number of anilines is 1. The quantitative estimate of drug-likeness (QED) is 0.525. The molecule has 7 nitrogen and oxygen atoms in total. The van der Waals surface area contributed by atoms with Crippen molar-refractivity contribution in [3.63, 3.8) is 0 Å². The fraction of sp³-hybridized carbons (Fsp3) is 0.261. The Morgan fingerprint density at radius 1 is 1.10 bits per heavy atom. The van der Waals surface area contributed by atoms with Gasteiger partial charge in [0.1, 0.15) is 6.07 Å². The van der Waals surface area contributed by atoms with Crippen molar-refractivity contribution in [3.8, 4) is 17.6 Å². The van der Waals surface area contributed by atoms with Gasteiger partial charge in [0, 0.05) is 6.08 Å². The van der Waals surface area contributed by atoms with Gasteiger partial charge in [0.2, 0.25) is 0 Å². The van der Waals surface area contributed by atoms with Crippen LogP contribution in [0.25, 0.3) is 6.08 Å². The summed E-state index contributed by atoms with van der Waals surface area (Å²) in [5.41, 5.74) is 1.39. The van der Waals surface area contributed by atoms with Crippen LogP contribution in [0.1, 0.15) is 31.9 Å². The minimum atomic E-state index is -1.04. The van der Waals surface area contributed by atoms with Crippen LogP contribution in [-0.4, -0.2) is 31.2 Å². The van der Waals surface area contributed by atoms with E-state index in [0.29, 0.717) is 28.3 Å². The number of hydrogen-bond acceptors (Lipinski definition) is 6. The van der Waals surface area contributed by atoms with Crippen molar-refractivity contribution in [2.45, 2.75) is 33.0 Å². The maximum Gasteiger partial charge on any atom is 0.331 e. The SMILES string of the molecule is COc1cc(/C=C/C(=O)O[C@@H](C)C(=O)Nc2ccccc2C#N)ccc1OC(C)C. The molecule has 0 bridgehead atoms. The molecular weight excluding hydrogens is 384 g/mol. The molecule has 0 saturated heterocycles. The fourth-order valence-corrected chi connectivity index (χ4v) is 2.49. The highest BCUT2D eigenvalue weighted by molar-refractivity contribution is 5.97. The second-order valence-electron chi connectivity index (χ2n) is 6.64. The Hall–Kier alpha value is -3.79. The topological polar surface area (TPSA) is 97.6 Å². The highest BCUT2D eigenvalue weighted by Crippen LogP contribution is 2.29. The lowest BCUT2D eigenvalue weighted by atomic mass is 10.2. The van der Waals surface area contributed by atoms with Crippen LogP contribution in [-0.2, 0) is 14.3 Å². The molecule has 0 radical (unpaired) electrons. The molecule has 0 aliphatic carbocycles. The lowest BCUT2D eigenvalue weighted by Crippen LogP contribution is -2.29. The normalized spacial score (nSPS) is 11.6. The Bertz CT molecular complexity index is 976. The number of ether oxygens (including phenoxy) is 3. The number of nitriles is 1. The minimum Gasteiger partial charge on any atom is -0.493 e. The van der Waals surface area contributed by atoms with Gasteiger partial charge in [-0.15, -0.1) is 0 Å². The molecule has 2 aromatic rings. The number of nitrogens with one attached hydrogen (secondary N) is 1. The smallest absolute Gasteiger partial charge is 0.331 e. The van der Waals surface area contributed by atoms with Crippen LogP contribution in [0.15, 0.2) is 48.5 Å². The maximum atomic E-state index is 12.2. The molecule has 156 valence electrons. The first-order chi connectivity index (χ1) is 14.3. The van der Waals surface area contributed by atoms with Gasteiger partial charge in [-0.3, -0.25) is 4.79 Å². The first-order valence-electron chi connectivity index (χ1n) is 9.37. The molecule has 0 aromatic heterocycles. The first-order valence-corrected chi connectivity index (χ1v) is 9.37. The number of hydrogen-bond donors (Lipinski definition) is 1. The third-order valence-electron chi connectivity index (χ3n) is 3.93. The van der Waals surface area contributed by atoms with E-state index < -0.39 is 18.0 Å². The Kier molecular flexibility index (Phi) is 8.00. The molecule has 7 heteroatoms. The Labute approximate surface area is 175 Å². The summed E-state index contributed by atoms with van der Waals surface area (Å²) in [4.78, 5) is 24.3. The van der Waals surface area contributed by atoms with Gasteiger partial charge in [0.15, 0.2) is 17.6 Å². The fourth-order valence-electron chi connectivity index (χ4n) is 2.49. The number of methoxy groups -OCH3 is 1. The van der Waals surface area contributed by atoms with Gasteiger partial charge in [-0.2, -0.15) is 5.26 Å². The highest BCUT2D eigenvalue weighted by atomic mass is 16.5. The summed E-state index contributed by atoms with van der Waals surface area (Å²) in [6.45, 7) is 5.29. The zero-order chi connectivity index (χ0) is 22.1. The van der Waals surface area contributed by atoms with E-state index in [1.54, 1.807) is 48.5 Å². The van der Waals surface area contributed by atoms with Crippen LogP contribution in [0.5, 0.6) is 11.5 Å². The molecule has 0 saturated carbocycles. The number of carbonyl (C=O) groups is 2. The van der Waals surface area contributed by atoms with Crippen molar-refractivity contribution < 1.29 is 23.8 Å². The van der Waals surface area contributed by atoms with E-state index in [1.165, 1.54) is 20.1 Å². The lowest BCUT2D eigenvalue weighted by Gasteiger charge is -2.14. The van der Waals surface area contributed by atoms with Crippen LogP contribution >= 0.6 is 0 Å². The predicted molar refractivity (Wildman–Crippen MR) is 113 cm³/mol. The van der Waals surface area contributed by atoms with E-state index in [2.05, 4.69) is 5.32 Å². The molecule has 0 heterocycles. The zero-order valence-corrected chi connectivity index (χ0v) is 17.3. The number of benzene rings is 2. The van der Waals surface area contributed by atoms with E-state index in [0.717, 1.165) is 0 Å². The molecule has 2 aromatic carbocycles. The monoisotopic (exact) mass is 408 g/mol. The van der Waals surface area contributed by atoms with Crippen molar-refractivity contribution in [2.24, 2.45) is 0 Å².